The number of nitrogens with zero attached hydrogens (tertiary/aromatic N) is 5. The maximum absolute atomic E-state index is 13.3. The molecule has 8 nitrogen and oxygen atoms in total. The number of carbonyl (C=O) groups is 1. The molecule has 1 amide bonds. The summed E-state index contributed by atoms with van der Waals surface area (Å²) < 4.78 is 5.68. The van der Waals surface area contributed by atoms with Gasteiger partial charge in [0.25, 0.3) is 5.91 Å². The van der Waals surface area contributed by atoms with E-state index in [1.165, 1.54) is 12.8 Å². The van der Waals surface area contributed by atoms with Gasteiger partial charge in [-0.25, -0.2) is 15.0 Å². The molecule has 0 spiro atoms. The Labute approximate surface area is 199 Å². The lowest BCUT2D eigenvalue weighted by Gasteiger charge is -2.35. The number of amides is 1. The maximum Gasteiger partial charge on any atom is 0.257 e. The van der Waals surface area contributed by atoms with Crippen molar-refractivity contribution in [1.82, 2.24) is 24.8 Å². The molecule has 2 N–H and O–H groups in total. The molecule has 3 aromatic rings. The first-order valence-corrected chi connectivity index (χ1v) is 11.9. The molecule has 1 aliphatic carbocycles. The van der Waals surface area contributed by atoms with E-state index in [1.807, 2.05) is 29.2 Å². The molecule has 1 aliphatic heterocycles. The van der Waals surface area contributed by atoms with Crippen LogP contribution >= 0.6 is 0 Å². The van der Waals surface area contributed by atoms with Crippen molar-refractivity contribution in [3.05, 3.63) is 54.1 Å². The number of piperazine rings is 1. The van der Waals surface area contributed by atoms with Crippen molar-refractivity contribution >= 4 is 11.7 Å². The van der Waals surface area contributed by atoms with Crippen molar-refractivity contribution in [2.75, 3.05) is 39.0 Å². The fourth-order valence-corrected chi connectivity index (χ4v) is 4.68. The minimum Gasteiger partial charge on any atom is -0.496 e. The Morgan fingerprint density at radius 3 is 2.47 bits per heavy atom. The number of nitrogens with two attached hydrogens (primary N) is 1. The van der Waals surface area contributed by atoms with Gasteiger partial charge >= 0.3 is 0 Å². The molecule has 2 fully saturated rings. The summed E-state index contributed by atoms with van der Waals surface area (Å²) in [6, 6.07) is 10.1. The van der Waals surface area contributed by atoms with Crippen molar-refractivity contribution in [3.63, 3.8) is 0 Å². The molecule has 0 atom stereocenters. The summed E-state index contributed by atoms with van der Waals surface area (Å²) in [5, 5.41) is 0. The van der Waals surface area contributed by atoms with Gasteiger partial charge in [0, 0.05) is 55.1 Å². The van der Waals surface area contributed by atoms with Gasteiger partial charge < -0.3 is 15.4 Å². The summed E-state index contributed by atoms with van der Waals surface area (Å²) >= 11 is 0. The summed E-state index contributed by atoms with van der Waals surface area (Å²) in [5.41, 5.74) is 10.7. The van der Waals surface area contributed by atoms with E-state index in [2.05, 4.69) is 26.8 Å². The number of methoxy groups -OCH3 is 1. The fraction of sp³-hybridized carbons (Fsp3) is 0.385. The molecule has 0 radical (unpaired) electrons. The minimum absolute atomic E-state index is 0.0127. The summed E-state index contributed by atoms with van der Waals surface area (Å²) in [5.74, 6) is 1.02. The van der Waals surface area contributed by atoms with Gasteiger partial charge in [0.15, 0.2) is 0 Å². The molecule has 0 bridgehead atoms. The molecule has 5 rings (SSSR count). The number of rotatable bonds is 6. The zero-order valence-corrected chi connectivity index (χ0v) is 19.7. The van der Waals surface area contributed by atoms with E-state index in [0.717, 1.165) is 66.7 Å². The van der Waals surface area contributed by atoms with Crippen molar-refractivity contribution in [3.8, 4) is 28.1 Å². The van der Waals surface area contributed by atoms with Crippen LogP contribution in [0.25, 0.3) is 22.4 Å². The smallest absolute Gasteiger partial charge is 0.257 e. The highest BCUT2D eigenvalue weighted by Gasteiger charge is 2.33. The van der Waals surface area contributed by atoms with Crippen molar-refractivity contribution in [2.24, 2.45) is 0 Å². The number of hydrogen-bond donors (Lipinski definition) is 1. The summed E-state index contributed by atoms with van der Waals surface area (Å²) in [7, 11) is 1.60. The number of carbonyl (C=O) groups excluding carboxylic acids is 1. The van der Waals surface area contributed by atoms with Gasteiger partial charge in [-0.05, 0) is 43.5 Å². The van der Waals surface area contributed by atoms with E-state index in [4.69, 9.17) is 10.5 Å². The zero-order chi connectivity index (χ0) is 23.7. The number of hydrogen-bond acceptors (Lipinski definition) is 7. The normalized spacial score (nSPS) is 16.5. The van der Waals surface area contributed by atoms with E-state index in [0.29, 0.717) is 17.1 Å². The van der Waals surface area contributed by atoms with E-state index in [9.17, 15) is 4.79 Å². The van der Waals surface area contributed by atoms with Crippen LogP contribution in [-0.2, 0) is 6.42 Å². The topological polar surface area (TPSA) is 97.5 Å². The monoisotopic (exact) mass is 458 g/mol. The Balaban J connectivity index is 1.47. The highest BCUT2D eigenvalue weighted by atomic mass is 16.5. The predicted molar refractivity (Wildman–Crippen MR) is 132 cm³/mol. The van der Waals surface area contributed by atoms with E-state index >= 15 is 0 Å². The second kappa shape index (κ2) is 9.38. The van der Waals surface area contributed by atoms with Gasteiger partial charge in [-0.2, -0.15) is 0 Å². The van der Waals surface area contributed by atoms with Crippen molar-refractivity contribution < 1.29 is 9.53 Å². The SMILES string of the molecule is CCc1ncnc(-c2ccc(C(=O)N3CCN(C4CC4)CC3)c(OC)c2)c1-c1ccc(N)nc1. The maximum atomic E-state index is 13.3. The lowest BCUT2D eigenvalue weighted by Crippen LogP contribution is -2.49. The average molecular weight is 459 g/mol. The number of aryl methyl sites for hydroxylation is 1. The van der Waals surface area contributed by atoms with E-state index in [-0.39, 0.29) is 5.91 Å². The summed E-state index contributed by atoms with van der Waals surface area (Å²) in [6.07, 6.45) is 6.65. The zero-order valence-electron chi connectivity index (χ0n) is 19.7. The highest BCUT2D eigenvalue weighted by molar-refractivity contribution is 5.98. The van der Waals surface area contributed by atoms with Crippen molar-refractivity contribution in [2.45, 2.75) is 32.2 Å². The predicted octanol–water partition coefficient (Wildman–Crippen LogP) is 3.28. The summed E-state index contributed by atoms with van der Waals surface area (Å²) in [6.45, 7) is 5.44. The van der Waals surface area contributed by atoms with Gasteiger partial charge in [0.1, 0.15) is 17.9 Å². The molecule has 1 saturated carbocycles. The Bertz CT molecular complexity index is 1180. The fourth-order valence-electron chi connectivity index (χ4n) is 4.68. The molecule has 0 unspecified atom stereocenters. The van der Waals surface area contributed by atoms with E-state index in [1.54, 1.807) is 25.7 Å². The number of ether oxygens (including phenoxy) is 1. The number of aromatic nitrogens is 3. The number of pyridine rings is 1. The molecule has 34 heavy (non-hydrogen) atoms. The first-order chi connectivity index (χ1) is 16.6. The standard InChI is InChI=1S/C26H30N6O2/c1-3-21-24(18-5-9-23(27)28-15-18)25(30-16-29-21)17-4-8-20(22(14-17)34-2)26(33)32-12-10-31(11-13-32)19-6-7-19/h4-5,8-9,14-16,19H,3,6-7,10-13H2,1-2H3,(H2,27,28). The molecular formula is C26H30N6O2. The first kappa shape index (κ1) is 22.3. The lowest BCUT2D eigenvalue weighted by atomic mass is 9.96. The second-order valence-corrected chi connectivity index (χ2v) is 8.84. The Morgan fingerprint density at radius 2 is 1.82 bits per heavy atom. The molecule has 1 aromatic carbocycles. The van der Waals surface area contributed by atoms with E-state index < -0.39 is 0 Å². The third kappa shape index (κ3) is 4.33. The van der Waals surface area contributed by atoms with Gasteiger partial charge in [-0.3, -0.25) is 9.69 Å². The van der Waals surface area contributed by atoms with Crippen LogP contribution in [0.2, 0.25) is 0 Å². The van der Waals surface area contributed by atoms with Crippen LogP contribution in [0.4, 0.5) is 5.82 Å². The Kier molecular flexibility index (Phi) is 6.15. The van der Waals surface area contributed by atoms with Crippen LogP contribution in [-0.4, -0.2) is 70.0 Å². The molecular weight excluding hydrogens is 428 g/mol. The van der Waals surface area contributed by atoms with Gasteiger partial charge in [0.05, 0.1) is 24.1 Å². The summed E-state index contributed by atoms with van der Waals surface area (Å²) in [4.78, 5) is 31.1. The largest absolute Gasteiger partial charge is 0.496 e. The first-order valence-electron chi connectivity index (χ1n) is 11.9. The van der Waals surface area contributed by atoms with Crippen LogP contribution in [0.3, 0.4) is 0 Å². The van der Waals surface area contributed by atoms with Crippen LogP contribution in [0.5, 0.6) is 5.75 Å². The van der Waals surface area contributed by atoms with Crippen LogP contribution < -0.4 is 10.5 Å². The van der Waals surface area contributed by atoms with Gasteiger partial charge in [0.2, 0.25) is 0 Å². The number of anilines is 1. The second-order valence-electron chi connectivity index (χ2n) is 8.84. The average Bonchev–Trinajstić information content (AvgIpc) is 3.74. The molecule has 176 valence electrons. The van der Waals surface area contributed by atoms with Crippen LogP contribution in [0.15, 0.2) is 42.9 Å². The Hall–Kier alpha value is -3.52. The lowest BCUT2D eigenvalue weighted by molar-refractivity contribution is 0.0624. The molecule has 2 aromatic heterocycles. The third-order valence-corrected chi connectivity index (χ3v) is 6.71. The third-order valence-electron chi connectivity index (χ3n) is 6.71. The number of nitrogen functional groups attached to an aromatic ring is 1. The molecule has 2 aliphatic rings. The van der Waals surface area contributed by atoms with Crippen LogP contribution in [0, 0.1) is 0 Å². The van der Waals surface area contributed by atoms with Crippen LogP contribution in [0.1, 0.15) is 35.8 Å². The minimum atomic E-state index is 0.0127. The number of benzene rings is 1. The highest BCUT2D eigenvalue weighted by Crippen LogP contribution is 2.35. The molecule has 1 saturated heterocycles. The molecule has 8 heteroatoms. The molecule has 3 heterocycles. The van der Waals surface area contributed by atoms with Gasteiger partial charge in [-0.1, -0.05) is 13.0 Å². The van der Waals surface area contributed by atoms with Crippen molar-refractivity contribution in [1.29, 1.82) is 0 Å². The quantitative estimate of drug-likeness (QED) is 0.605. The van der Waals surface area contributed by atoms with Gasteiger partial charge in [-0.15, -0.1) is 0 Å². The Morgan fingerprint density at radius 1 is 1.06 bits per heavy atom.